The maximum absolute atomic E-state index is 4.26. The molecule has 1 aromatic rings. The molecular formula is C10H13BrN2. The second-order valence-corrected chi connectivity index (χ2v) is 3.61. The van der Waals surface area contributed by atoms with Crippen LogP contribution in [0.5, 0.6) is 0 Å². The van der Waals surface area contributed by atoms with Gasteiger partial charge in [-0.1, -0.05) is 28.1 Å². The summed E-state index contributed by atoms with van der Waals surface area (Å²) in [4.78, 5) is 4.26. The normalized spacial score (nSPS) is 10.9. The van der Waals surface area contributed by atoms with Crippen molar-refractivity contribution in [3.05, 3.63) is 34.3 Å². The lowest BCUT2D eigenvalue weighted by atomic mass is 10.2. The average Bonchev–Trinajstić information content (AvgIpc) is 2.13. The Labute approximate surface area is 87.2 Å². The van der Waals surface area contributed by atoms with Gasteiger partial charge in [0, 0.05) is 17.2 Å². The van der Waals surface area contributed by atoms with Crippen molar-refractivity contribution in [3.8, 4) is 0 Å². The smallest absolute Gasteiger partial charge is 0.0514 e. The summed E-state index contributed by atoms with van der Waals surface area (Å²) in [7, 11) is 1.93. The van der Waals surface area contributed by atoms with Gasteiger partial charge in [0.2, 0.25) is 0 Å². The molecule has 0 atom stereocenters. The molecule has 0 unspecified atom stereocenters. The second-order valence-electron chi connectivity index (χ2n) is 2.69. The highest BCUT2D eigenvalue weighted by atomic mass is 79.9. The topological polar surface area (TPSA) is 24.4 Å². The van der Waals surface area contributed by atoms with Gasteiger partial charge in [-0.3, -0.25) is 4.99 Å². The number of hydrogen-bond donors (Lipinski definition) is 1. The number of halogens is 1. The van der Waals surface area contributed by atoms with Crippen LogP contribution in [0, 0.1) is 0 Å². The molecule has 0 aromatic heterocycles. The Morgan fingerprint density at radius 2 is 2.38 bits per heavy atom. The molecule has 0 aliphatic heterocycles. The molecule has 0 saturated heterocycles. The first-order valence-corrected chi connectivity index (χ1v) is 5.02. The van der Waals surface area contributed by atoms with Crippen LogP contribution in [0.2, 0.25) is 0 Å². The number of nitrogens with zero attached hydrogens (tertiary/aromatic N) is 1. The van der Waals surface area contributed by atoms with Gasteiger partial charge in [0.1, 0.15) is 0 Å². The molecule has 3 heteroatoms. The first kappa shape index (κ1) is 10.4. The summed E-state index contributed by atoms with van der Waals surface area (Å²) in [5, 5.41) is 3.04. The molecule has 0 spiro atoms. The molecule has 1 N–H and O–H groups in total. The minimum absolute atomic E-state index is 0.822. The molecule has 2 nitrogen and oxygen atoms in total. The van der Waals surface area contributed by atoms with E-state index in [-0.39, 0.29) is 0 Å². The zero-order valence-corrected chi connectivity index (χ0v) is 9.21. The van der Waals surface area contributed by atoms with Gasteiger partial charge < -0.3 is 5.32 Å². The van der Waals surface area contributed by atoms with E-state index in [1.165, 1.54) is 0 Å². The Bertz CT molecular complexity index is 284. The summed E-state index contributed by atoms with van der Waals surface area (Å²) < 4.78 is 1.09. The summed E-state index contributed by atoms with van der Waals surface area (Å²) in [6.45, 7) is 1.74. The average molecular weight is 241 g/mol. The van der Waals surface area contributed by atoms with Crippen LogP contribution < -0.4 is 5.32 Å². The third-order valence-corrected chi connectivity index (χ3v) is 2.07. The lowest BCUT2D eigenvalue weighted by Gasteiger charge is -1.94. The minimum Gasteiger partial charge on any atom is -0.318 e. The maximum atomic E-state index is 4.26. The van der Waals surface area contributed by atoms with Crippen LogP contribution in [0.25, 0.3) is 0 Å². The molecule has 1 rings (SSSR count). The molecule has 0 heterocycles. The molecular weight excluding hydrogens is 228 g/mol. The lowest BCUT2D eigenvalue weighted by molar-refractivity contribution is 0.804. The predicted octanol–water partition coefficient (Wildman–Crippen LogP) is 2.09. The number of hydrogen-bond acceptors (Lipinski definition) is 2. The molecule has 0 aliphatic carbocycles. The Balaban J connectivity index is 2.48. The molecule has 70 valence electrons. The van der Waals surface area contributed by atoms with Gasteiger partial charge >= 0.3 is 0 Å². The molecule has 0 amide bonds. The van der Waals surface area contributed by atoms with E-state index in [1.807, 2.05) is 37.5 Å². The van der Waals surface area contributed by atoms with Gasteiger partial charge in [0.05, 0.1) is 6.54 Å². The van der Waals surface area contributed by atoms with Crippen LogP contribution in [-0.2, 0) is 0 Å². The van der Waals surface area contributed by atoms with Crippen LogP contribution in [0.15, 0.2) is 33.7 Å². The Morgan fingerprint density at radius 3 is 3.08 bits per heavy atom. The molecule has 13 heavy (non-hydrogen) atoms. The van der Waals surface area contributed by atoms with E-state index in [9.17, 15) is 0 Å². The van der Waals surface area contributed by atoms with Gasteiger partial charge in [0.25, 0.3) is 0 Å². The van der Waals surface area contributed by atoms with Crippen LogP contribution in [-0.4, -0.2) is 26.4 Å². The van der Waals surface area contributed by atoms with Crippen LogP contribution >= 0.6 is 15.9 Å². The maximum Gasteiger partial charge on any atom is 0.0514 e. The van der Waals surface area contributed by atoms with Crippen molar-refractivity contribution in [2.75, 3.05) is 20.1 Å². The minimum atomic E-state index is 0.822. The summed E-state index contributed by atoms with van der Waals surface area (Å²) >= 11 is 3.41. The van der Waals surface area contributed by atoms with Gasteiger partial charge in [-0.25, -0.2) is 0 Å². The fourth-order valence-electron chi connectivity index (χ4n) is 0.933. The summed E-state index contributed by atoms with van der Waals surface area (Å²) in [6.07, 6.45) is 1.89. The SMILES string of the molecule is CNCCN=Cc1cccc(Br)c1. The van der Waals surface area contributed by atoms with E-state index >= 15 is 0 Å². The molecule has 0 radical (unpaired) electrons. The summed E-state index contributed by atoms with van der Waals surface area (Å²) in [5.41, 5.74) is 1.13. The zero-order chi connectivity index (χ0) is 9.52. The lowest BCUT2D eigenvalue weighted by Crippen LogP contribution is -2.10. The molecule has 0 aliphatic rings. The second kappa shape index (κ2) is 5.89. The van der Waals surface area contributed by atoms with Crippen molar-refractivity contribution in [2.24, 2.45) is 4.99 Å². The molecule has 1 aromatic carbocycles. The highest BCUT2D eigenvalue weighted by Gasteiger charge is 1.88. The molecule has 0 saturated carbocycles. The van der Waals surface area contributed by atoms with Gasteiger partial charge in [-0.15, -0.1) is 0 Å². The monoisotopic (exact) mass is 240 g/mol. The molecule has 0 fully saturated rings. The van der Waals surface area contributed by atoms with Crippen LogP contribution in [0.1, 0.15) is 5.56 Å². The first-order valence-electron chi connectivity index (χ1n) is 4.23. The Morgan fingerprint density at radius 1 is 1.54 bits per heavy atom. The van der Waals surface area contributed by atoms with E-state index in [0.29, 0.717) is 0 Å². The third kappa shape index (κ3) is 4.20. The Hall–Kier alpha value is -0.670. The van der Waals surface area contributed by atoms with E-state index in [0.717, 1.165) is 23.1 Å². The number of nitrogens with one attached hydrogen (secondary N) is 1. The molecule has 0 bridgehead atoms. The zero-order valence-electron chi connectivity index (χ0n) is 7.63. The fraction of sp³-hybridized carbons (Fsp3) is 0.300. The summed E-state index contributed by atoms with van der Waals surface area (Å²) in [5.74, 6) is 0. The van der Waals surface area contributed by atoms with Gasteiger partial charge in [-0.2, -0.15) is 0 Å². The van der Waals surface area contributed by atoms with Gasteiger partial charge in [0.15, 0.2) is 0 Å². The number of rotatable bonds is 4. The van der Waals surface area contributed by atoms with Crippen LogP contribution in [0.3, 0.4) is 0 Å². The summed E-state index contributed by atoms with van der Waals surface area (Å²) in [6, 6.07) is 8.09. The largest absolute Gasteiger partial charge is 0.318 e. The third-order valence-electron chi connectivity index (χ3n) is 1.58. The van der Waals surface area contributed by atoms with E-state index in [4.69, 9.17) is 0 Å². The van der Waals surface area contributed by atoms with E-state index in [1.54, 1.807) is 0 Å². The highest BCUT2D eigenvalue weighted by molar-refractivity contribution is 9.10. The number of likely N-dealkylation sites (N-methyl/N-ethyl adjacent to an activating group) is 1. The van der Waals surface area contributed by atoms with Crippen molar-refractivity contribution in [1.82, 2.24) is 5.32 Å². The number of aliphatic imine (C=N–C) groups is 1. The predicted molar refractivity (Wildman–Crippen MR) is 60.5 cm³/mol. The first-order chi connectivity index (χ1) is 6.33. The van der Waals surface area contributed by atoms with Crippen molar-refractivity contribution < 1.29 is 0 Å². The quantitative estimate of drug-likeness (QED) is 0.633. The van der Waals surface area contributed by atoms with Crippen molar-refractivity contribution in [3.63, 3.8) is 0 Å². The van der Waals surface area contributed by atoms with Crippen molar-refractivity contribution in [2.45, 2.75) is 0 Å². The highest BCUT2D eigenvalue weighted by Crippen LogP contribution is 2.09. The van der Waals surface area contributed by atoms with E-state index < -0.39 is 0 Å². The number of benzene rings is 1. The van der Waals surface area contributed by atoms with Gasteiger partial charge in [-0.05, 0) is 24.7 Å². The van der Waals surface area contributed by atoms with E-state index in [2.05, 4.69) is 26.2 Å². The fourth-order valence-corrected chi connectivity index (χ4v) is 1.35. The van der Waals surface area contributed by atoms with Crippen molar-refractivity contribution in [1.29, 1.82) is 0 Å². The van der Waals surface area contributed by atoms with Crippen molar-refractivity contribution >= 4 is 22.1 Å². The van der Waals surface area contributed by atoms with Crippen LogP contribution in [0.4, 0.5) is 0 Å². The standard InChI is InChI=1S/C10H13BrN2/c1-12-5-6-13-8-9-3-2-4-10(11)7-9/h2-4,7-8,12H,5-6H2,1H3. The Kier molecular flexibility index (Phi) is 4.72.